The van der Waals surface area contributed by atoms with Crippen molar-refractivity contribution < 1.29 is 31.5 Å². The molecule has 0 saturated heterocycles. The van der Waals surface area contributed by atoms with Gasteiger partial charge in [-0.2, -0.15) is 13.2 Å². The fourth-order valence-corrected chi connectivity index (χ4v) is 7.40. The van der Waals surface area contributed by atoms with Crippen molar-refractivity contribution in [1.29, 1.82) is 0 Å². The molecule has 1 aliphatic rings. The highest BCUT2D eigenvalue weighted by atomic mass is 32.2. The van der Waals surface area contributed by atoms with Crippen LogP contribution in [-0.2, 0) is 17.4 Å². The van der Waals surface area contributed by atoms with Crippen molar-refractivity contribution in [3.05, 3.63) is 158 Å². The number of rotatable bonds is 8. The first-order chi connectivity index (χ1) is 22.6. The Morgan fingerprint density at radius 3 is 2.21 bits per heavy atom. The molecular weight excluding hydrogens is 635 g/mol. The van der Waals surface area contributed by atoms with Crippen molar-refractivity contribution in [3.63, 3.8) is 0 Å². The number of ether oxygens (including phenoxy) is 1. The van der Waals surface area contributed by atoms with Gasteiger partial charge in [0.1, 0.15) is 42.0 Å². The summed E-state index contributed by atoms with van der Waals surface area (Å²) in [6.07, 6.45) is -5.26. The number of hydrogen-bond donors (Lipinski definition) is 0. The highest BCUT2D eigenvalue weighted by Crippen LogP contribution is 2.53. The second-order valence-corrected chi connectivity index (χ2v) is 12.0. The molecule has 0 fully saturated rings. The zero-order valence-electron chi connectivity index (χ0n) is 25.1. The van der Waals surface area contributed by atoms with Gasteiger partial charge >= 0.3 is 6.18 Å². The Labute approximate surface area is 271 Å². The van der Waals surface area contributed by atoms with E-state index in [0.717, 1.165) is 30.0 Å². The van der Waals surface area contributed by atoms with Crippen LogP contribution in [0.15, 0.2) is 118 Å². The summed E-state index contributed by atoms with van der Waals surface area (Å²) in [5, 5.41) is 3.73. The quantitative estimate of drug-likeness (QED) is 0.0945. The molecule has 0 saturated carbocycles. The van der Waals surface area contributed by atoms with Crippen molar-refractivity contribution in [2.45, 2.75) is 35.8 Å². The minimum absolute atomic E-state index is 0.203. The molecule has 1 aromatic heterocycles. The molecule has 2 heterocycles. The molecule has 1 aliphatic heterocycles. The summed E-state index contributed by atoms with van der Waals surface area (Å²) in [6.45, 7) is 1.59. The Hall–Kier alpha value is -4.90. The van der Waals surface area contributed by atoms with E-state index < -0.39 is 52.2 Å². The van der Waals surface area contributed by atoms with Crippen LogP contribution in [0, 0.1) is 18.6 Å². The Morgan fingerprint density at radius 2 is 1.55 bits per heavy atom. The van der Waals surface area contributed by atoms with E-state index in [-0.39, 0.29) is 16.3 Å². The number of alkyl halides is 3. The Balaban J connectivity index is 1.52. The van der Waals surface area contributed by atoms with E-state index in [2.05, 4.69) is 5.16 Å². The predicted octanol–water partition coefficient (Wildman–Crippen LogP) is 9.28. The van der Waals surface area contributed by atoms with Crippen molar-refractivity contribution in [2.24, 2.45) is 5.16 Å². The zero-order valence-corrected chi connectivity index (χ0v) is 25.9. The third-order valence-electron chi connectivity index (χ3n) is 7.91. The van der Waals surface area contributed by atoms with Crippen LogP contribution in [0.5, 0.6) is 11.5 Å². The minimum Gasteiger partial charge on any atom is -0.457 e. The molecule has 0 amide bonds. The van der Waals surface area contributed by atoms with Gasteiger partial charge < -0.3 is 9.57 Å². The Kier molecular flexibility index (Phi) is 8.92. The smallest absolute Gasteiger partial charge is 0.416 e. The lowest BCUT2D eigenvalue weighted by Crippen LogP contribution is -2.31. The molecule has 6 rings (SSSR count). The molecule has 0 bridgehead atoms. The van der Waals surface area contributed by atoms with E-state index in [1.807, 2.05) is 6.07 Å². The summed E-state index contributed by atoms with van der Waals surface area (Å²) < 4.78 is 80.4. The van der Waals surface area contributed by atoms with Crippen LogP contribution in [0.25, 0.3) is 0 Å². The fourth-order valence-electron chi connectivity index (χ4n) is 5.77. The molecule has 5 aromatic rings. The number of fused-ring (bicyclic) bond motifs is 1. The standard InChI is InChI=1S/C36H27F5N2O3S/c1-21-18-31(44)43-33(32(42-45-2)22-10-5-3-6-11-22)34(25-17-16-24(19-30(25)38)46-23-12-7-4-8-13-23)47-35(43)26(21)20-27-28(36(39,40)41)14-9-15-29(27)37/h3-19,33-34H,20H2,1-2H3. The third kappa shape index (κ3) is 6.40. The first-order valence-electron chi connectivity index (χ1n) is 14.5. The SMILES string of the molecule is CON=C(c1ccccc1)C1C(c2ccc(Oc3ccccc3)cc2F)Sc2c(Cc3c(F)cccc3C(F)(F)F)c(C)cc(=O)n21. The van der Waals surface area contributed by atoms with E-state index in [0.29, 0.717) is 28.2 Å². The van der Waals surface area contributed by atoms with Gasteiger partial charge in [-0.1, -0.05) is 77.6 Å². The number of pyridine rings is 1. The zero-order chi connectivity index (χ0) is 33.3. The topological polar surface area (TPSA) is 52.8 Å². The van der Waals surface area contributed by atoms with Crippen molar-refractivity contribution in [1.82, 2.24) is 4.57 Å². The maximum absolute atomic E-state index is 16.1. The molecule has 240 valence electrons. The maximum Gasteiger partial charge on any atom is 0.416 e. The van der Waals surface area contributed by atoms with Gasteiger partial charge in [-0.3, -0.25) is 9.36 Å². The summed E-state index contributed by atoms with van der Waals surface area (Å²) in [4.78, 5) is 19.0. The first kappa shape index (κ1) is 32.1. The van der Waals surface area contributed by atoms with Crippen LogP contribution in [-0.4, -0.2) is 17.4 Å². The average Bonchev–Trinajstić information content (AvgIpc) is 3.43. The van der Waals surface area contributed by atoms with Crippen molar-refractivity contribution in [3.8, 4) is 11.5 Å². The van der Waals surface area contributed by atoms with E-state index in [1.54, 1.807) is 73.7 Å². The van der Waals surface area contributed by atoms with Gasteiger partial charge in [0.05, 0.1) is 15.8 Å². The maximum atomic E-state index is 16.1. The number of oxime groups is 1. The Morgan fingerprint density at radius 1 is 0.851 bits per heavy atom. The molecular formula is C36H27F5N2O3S. The van der Waals surface area contributed by atoms with Crippen LogP contribution < -0.4 is 10.3 Å². The van der Waals surface area contributed by atoms with E-state index in [1.165, 1.54) is 23.8 Å². The molecule has 4 aromatic carbocycles. The molecule has 2 unspecified atom stereocenters. The van der Waals surface area contributed by atoms with Crippen molar-refractivity contribution in [2.75, 3.05) is 7.11 Å². The number of para-hydroxylation sites is 1. The first-order valence-corrected chi connectivity index (χ1v) is 15.4. The lowest BCUT2D eigenvalue weighted by molar-refractivity contribution is -0.138. The van der Waals surface area contributed by atoms with Crippen LogP contribution >= 0.6 is 11.8 Å². The number of benzene rings is 4. The van der Waals surface area contributed by atoms with Gasteiger partial charge in [-0.25, -0.2) is 8.78 Å². The lowest BCUT2D eigenvalue weighted by Gasteiger charge is -2.23. The molecule has 2 atom stereocenters. The molecule has 0 spiro atoms. The van der Waals surface area contributed by atoms with Crippen LogP contribution in [0.2, 0.25) is 0 Å². The largest absolute Gasteiger partial charge is 0.457 e. The third-order valence-corrected chi connectivity index (χ3v) is 9.34. The molecule has 0 N–H and O–H groups in total. The monoisotopic (exact) mass is 662 g/mol. The number of thioether (sulfide) groups is 1. The van der Waals surface area contributed by atoms with E-state index in [9.17, 15) is 18.0 Å². The van der Waals surface area contributed by atoms with Gasteiger partial charge in [0.25, 0.3) is 5.56 Å². The van der Waals surface area contributed by atoms with Gasteiger partial charge in [-0.05, 0) is 48.4 Å². The van der Waals surface area contributed by atoms with Crippen LogP contribution in [0.1, 0.15) is 44.7 Å². The highest BCUT2D eigenvalue weighted by molar-refractivity contribution is 7.99. The van der Waals surface area contributed by atoms with Crippen LogP contribution in [0.3, 0.4) is 0 Å². The predicted molar refractivity (Wildman–Crippen MR) is 170 cm³/mol. The second kappa shape index (κ2) is 13.1. The number of halogens is 5. The van der Waals surface area contributed by atoms with Crippen molar-refractivity contribution >= 4 is 17.5 Å². The summed E-state index contributed by atoms with van der Waals surface area (Å²) in [6, 6.07) is 25.3. The summed E-state index contributed by atoms with van der Waals surface area (Å²) in [7, 11) is 1.34. The van der Waals surface area contributed by atoms with E-state index >= 15 is 8.78 Å². The molecule has 11 heteroatoms. The molecule has 0 radical (unpaired) electrons. The van der Waals surface area contributed by atoms with Gasteiger partial charge in [-0.15, -0.1) is 0 Å². The summed E-state index contributed by atoms with van der Waals surface area (Å²) >= 11 is 1.11. The molecule has 5 nitrogen and oxygen atoms in total. The van der Waals surface area contributed by atoms with Gasteiger partial charge in [0.2, 0.25) is 0 Å². The van der Waals surface area contributed by atoms with E-state index in [4.69, 9.17) is 9.57 Å². The summed E-state index contributed by atoms with van der Waals surface area (Å²) in [5.41, 5.74) is -0.356. The van der Waals surface area contributed by atoms with Gasteiger partial charge in [0, 0.05) is 35.2 Å². The fraction of sp³-hybridized carbons (Fsp3) is 0.167. The summed E-state index contributed by atoms with van der Waals surface area (Å²) in [5.74, 6) is -0.891. The number of nitrogens with zero attached hydrogens (tertiary/aromatic N) is 2. The Bertz CT molecular complexity index is 2010. The van der Waals surface area contributed by atoms with Gasteiger partial charge in [0.15, 0.2) is 0 Å². The molecule has 0 aliphatic carbocycles. The average molecular weight is 663 g/mol. The molecule has 47 heavy (non-hydrogen) atoms. The highest BCUT2D eigenvalue weighted by Gasteiger charge is 2.43. The number of aromatic nitrogens is 1. The minimum atomic E-state index is -4.81. The number of hydrogen-bond acceptors (Lipinski definition) is 5. The second-order valence-electron chi connectivity index (χ2n) is 10.9. The lowest BCUT2D eigenvalue weighted by atomic mass is 9.94. The normalized spacial score (nSPS) is 16.2. The number of aryl methyl sites for hydroxylation is 1. The van der Waals surface area contributed by atoms with Crippen LogP contribution in [0.4, 0.5) is 22.0 Å².